The van der Waals surface area contributed by atoms with Crippen molar-refractivity contribution in [2.45, 2.75) is 18.4 Å². The fraction of sp³-hybridized carbons (Fsp3) is 0.500. The van der Waals surface area contributed by atoms with E-state index in [1.807, 2.05) is 24.3 Å². The highest BCUT2D eigenvalue weighted by atomic mass is 16.6. The molecule has 1 aromatic rings. The normalized spacial score (nSPS) is 26.6. The van der Waals surface area contributed by atoms with Gasteiger partial charge < -0.3 is 14.8 Å². The minimum absolute atomic E-state index is 0.256. The molecule has 1 amide bonds. The molecule has 1 atom stereocenters. The fourth-order valence-corrected chi connectivity index (χ4v) is 2.75. The van der Waals surface area contributed by atoms with E-state index in [4.69, 9.17) is 9.47 Å². The predicted octanol–water partition coefficient (Wildman–Crippen LogP) is 1.77. The van der Waals surface area contributed by atoms with Crippen molar-refractivity contribution in [1.82, 2.24) is 5.32 Å². The third kappa shape index (κ3) is 2.26. The van der Waals surface area contributed by atoms with Crippen molar-refractivity contribution in [3.8, 4) is 5.75 Å². The van der Waals surface area contributed by atoms with Crippen molar-refractivity contribution in [3.05, 3.63) is 24.3 Å². The van der Waals surface area contributed by atoms with E-state index < -0.39 is 0 Å². The molecule has 5 nitrogen and oxygen atoms in total. The number of carbonyl (C=O) groups is 1. The zero-order valence-corrected chi connectivity index (χ0v) is 11.0. The summed E-state index contributed by atoms with van der Waals surface area (Å²) in [6.45, 7) is 2.36. The predicted molar refractivity (Wildman–Crippen MR) is 71.7 cm³/mol. The lowest BCUT2D eigenvalue weighted by Gasteiger charge is -2.31. The van der Waals surface area contributed by atoms with E-state index in [0.717, 1.165) is 37.4 Å². The van der Waals surface area contributed by atoms with Gasteiger partial charge in [-0.2, -0.15) is 0 Å². The van der Waals surface area contributed by atoms with Gasteiger partial charge >= 0.3 is 6.09 Å². The summed E-state index contributed by atoms with van der Waals surface area (Å²) < 4.78 is 10.7. The Kier molecular flexibility index (Phi) is 3.06. The van der Waals surface area contributed by atoms with Crippen molar-refractivity contribution in [3.63, 3.8) is 0 Å². The summed E-state index contributed by atoms with van der Waals surface area (Å²) in [4.78, 5) is 13.7. The highest BCUT2D eigenvalue weighted by Gasteiger charge is 2.46. The van der Waals surface area contributed by atoms with Crippen LogP contribution in [-0.4, -0.2) is 38.4 Å². The van der Waals surface area contributed by atoms with Gasteiger partial charge in [0, 0.05) is 12.2 Å². The van der Waals surface area contributed by atoms with Crippen LogP contribution in [0, 0.1) is 0 Å². The molecule has 2 aliphatic heterocycles. The third-order valence-electron chi connectivity index (χ3n) is 3.79. The van der Waals surface area contributed by atoms with Crippen LogP contribution in [0.2, 0.25) is 0 Å². The number of ether oxygens (including phenoxy) is 2. The zero-order chi connectivity index (χ0) is 13.3. The SMILES string of the molecule is COc1ccc(N2CC3(CCCNC3)OC2=O)cc1. The lowest BCUT2D eigenvalue weighted by molar-refractivity contribution is 0.0366. The van der Waals surface area contributed by atoms with Gasteiger partial charge in [-0.1, -0.05) is 0 Å². The molecule has 2 saturated heterocycles. The van der Waals surface area contributed by atoms with Crippen LogP contribution in [0.4, 0.5) is 10.5 Å². The van der Waals surface area contributed by atoms with E-state index in [0.29, 0.717) is 6.54 Å². The van der Waals surface area contributed by atoms with Crippen molar-refractivity contribution < 1.29 is 14.3 Å². The molecule has 3 rings (SSSR count). The van der Waals surface area contributed by atoms with Crippen LogP contribution in [0.3, 0.4) is 0 Å². The maximum absolute atomic E-state index is 12.0. The van der Waals surface area contributed by atoms with E-state index in [9.17, 15) is 4.79 Å². The molecule has 0 aromatic heterocycles. The molecule has 2 heterocycles. The monoisotopic (exact) mass is 262 g/mol. The first-order valence-corrected chi connectivity index (χ1v) is 6.58. The molecule has 1 spiro atoms. The largest absolute Gasteiger partial charge is 0.497 e. The molecule has 1 unspecified atom stereocenters. The van der Waals surface area contributed by atoms with Crippen LogP contribution in [-0.2, 0) is 4.74 Å². The number of amides is 1. The van der Waals surface area contributed by atoms with E-state index in [2.05, 4.69) is 5.32 Å². The Hall–Kier alpha value is -1.75. The molecule has 1 N–H and O–H groups in total. The van der Waals surface area contributed by atoms with E-state index in [1.54, 1.807) is 12.0 Å². The van der Waals surface area contributed by atoms with E-state index >= 15 is 0 Å². The highest BCUT2D eigenvalue weighted by Crippen LogP contribution is 2.33. The first-order valence-electron chi connectivity index (χ1n) is 6.58. The molecule has 102 valence electrons. The molecule has 1 aromatic carbocycles. The van der Waals surface area contributed by atoms with Gasteiger partial charge in [0.1, 0.15) is 11.4 Å². The second kappa shape index (κ2) is 4.74. The number of rotatable bonds is 2. The van der Waals surface area contributed by atoms with Gasteiger partial charge in [-0.3, -0.25) is 4.90 Å². The number of hydrogen-bond acceptors (Lipinski definition) is 4. The van der Waals surface area contributed by atoms with Gasteiger partial charge in [-0.05, 0) is 43.7 Å². The van der Waals surface area contributed by atoms with Crippen LogP contribution in [0.1, 0.15) is 12.8 Å². The smallest absolute Gasteiger partial charge is 0.415 e. The molecule has 0 saturated carbocycles. The number of nitrogens with one attached hydrogen (secondary N) is 1. The lowest BCUT2D eigenvalue weighted by Crippen LogP contribution is -2.48. The van der Waals surface area contributed by atoms with Crippen LogP contribution < -0.4 is 15.0 Å². The van der Waals surface area contributed by atoms with Crippen molar-refractivity contribution >= 4 is 11.8 Å². The van der Waals surface area contributed by atoms with E-state index in [1.165, 1.54) is 0 Å². The summed E-state index contributed by atoms with van der Waals surface area (Å²) in [5.41, 5.74) is 0.503. The molecule has 0 radical (unpaired) electrons. The molecule has 5 heteroatoms. The van der Waals surface area contributed by atoms with Gasteiger partial charge in [0.25, 0.3) is 0 Å². The lowest BCUT2D eigenvalue weighted by atomic mass is 9.94. The van der Waals surface area contributed by atoms with Crippen molar-refractivity contribution in [2.24, 2.45) is 0 Å². The fourth-order valence-electron chi connectivity index (χ4n) is 2.75. The Labute approximate surface area is 112 Å². The Morgan fingerprint density at radius 3 is 2.79 bits per heavy atom. The number of anilines is 1. The highest BCUT2D eigenvalue weighted by molar-refractivity contribution is 5.90. The molecule has 0 bridgehead atoms. The Balaban J connectivity index is 1.79. The third-order valence-corrected chi connectivity index (χ3v) is 3.79. The summed E-state index contributed by atoms with van der Waals surface area (Å²) in [6.07, 6.45) is 1.72. The Bertz CT molecular complexity index is 466. The summed E-state index contributed by atoms with van der Waals surface area (Å²) in [5.74, 6) is 0.783. The number of hydrogen-bond donors (Lipinski definition) is 1. The molecular weight excluding hydrogens is 244 g/mol. The van der Waals surface area contributed by atoms with Gasteiger partial charge in [-0.15, -0.1) is 0 Å². The zero-order valence-electron chi connectivity index (χ0n) is 11.0. The molecule has 2 aliphatic rings. The molecule has 2 fully saturated rings. The maximum Gasteiger partial charge on any atom is 0.415 e. The number of methoxy groups -OCH3 is 1. The maximum atomic E-state index is 12.0. The second-order valence-electron chi connectivity index (χ2n) is 5.12. The average Bonchev–Trinajstić information content (AvgIpc) is 2.76. The summed E-state index contributed by atoms with van der Waals surface area (Å²) in [7, 11) is 1.63. The van der Waals surface area contributed by atoms with Crippen LogP contribution in [0.25, 0.3) is 0 Å². The van der Waals surface area contributed by atoms with Gasteiger partial charge in [0.15, 0.2) is 0 Å². The van der Waals surface area contributed by atoms with Crippen LogP contribution in [0.15, 0.2) is 24.3 Å². The quantitative estimate of drug-likeness (QED) is 0.882. The van der Waals surface area contributed by atoms with Gasteiger partial charge in [0.2, 0.25) is 0 Å². The molecular formula is C14H18N2O3. The van der Waals surface area contributed by atoms with Gasteiger partial charge in [0.05, 0.1) is 13.7 Å². The minimum atomic E-state index is -0.352. The van der Waals surface area contributed by atoms with Crippen molar-refractivity contribution in [1.29, 1.82) is 0 Å². The van der Waals surface area contributed by atoms with Crippen molar-refractivity contribution in [2.75, 3.05) is 31.6 Å². The number of nitrogens with zero attached hydrogens (tertiary/aromatic N) is 1. The summed E-state index contributed by atoms with van der Waals surface area (Å²) in [5, 5.41) is 3.30. The summed E-state index contributed by atoms with van der Waals surface area (Å²) in [6, 6.07) is 7.48. The Morgan fingerprint density at radius 2 is 2.16 bits per heavy atom. The molecule has 0 aliphatic carbocycles. The standard InChI is InChI=1S/C14H18N2O3/c1-18-12-5-3-11(4-6-12)16-10-14(19-13(16)17)7-2-8-15-9-14/h3-6,15H,2,7-10H2,1H3. The second-order valence-corrected chi connectivity index (χ2v) is 5.12. The Morgan fingerprint density at radius 1 is 1.37 bits per heavy atom. The van der Waals surface area contributed by atoms with Gasteiger partial charge in [-0.25, -0.2) is 4.79 Å². The topological polar surface area (TPSA) is 50.8 Å². The summed E-state index contributed by atoms with van der Waals surface area (Å²) >= 11 is 0. The molecule has 19 heavy (non-hydrogen) atoms. The number of piperidine rings is 1. The number of benzene rings is 1. The first kappa shape index (κ1) is 12.3. The van der Waals surface area contributed by atoms with Crippen LogP contribution in [0.5, 0.6) is 5.75 Å². The number of carbonyl (C=O) groups excluding carboxylic acids is 1. The average molecular weight is 262 g/mol. The van der Waals surface area contributed by atoms with E-state index in [-0.39, 0.29) is 11.7 Å². The first-order chi connectivity index (χ1) is 9.22. The van der Waals surface area contributed by atoms with Crippen LogP contribution >= 0.6 is 0 Å². The minimum Gasteiger partial charge on any atom is -0.497 e.